The van der Waals surface area contributed by atoms with Crippen molar-refractivity contribution in [2.24, 2.45) is 0 Å². The molecular formula is C28H31NO3. The Labute approximate surface area is 190 Å². The predicted octanol–water partition coefficient (Wildman–Crippen LogP) is 6.04. The zero-order chi connectivity index (χ0) is 22.2. The second-order valence-corrected chi connectivity index (χ2v) is 8.29. The minimum atomic E-state index is -0.318. The van der Waals surface area contributed by atoms with E-state index in [1.807, 2.05) is 37.3 Å². The molecule has 1 unspecified atom stereocenters. The van der Waals surface area contributed by atoms with Crippen molar-refractivity contribution in [3.8, 4) is 5.75 Å². The van der Waals surface area contributed by atoms with Crippen molar-refractivity contribution in [1.82, 2.24) is 5.32 Å². The number of hydrogen-bond donors (Lipinski definition) is 1. The molecule has 0 spiro atoms. The minimum absolute atomic E-state index is 0.0974. The Morgan fingerprint density at radius 2 is 1.69 bits per heavy atom. The summed E-state index contributed by atoms with van der Waals surface area (Å²) >= 11 is 0. The largest absolute Gasteiger partial charge is 0.489 e. The maximum atomic E-state index is 12.0. The van der Waals surface area contributed by atoms with Crippen molar-refractivity contribution in [2.75, 3.05) is 6.61 Å². The first-order chi connectivity index (χ1) is 15.7. The van der Waals surface area contributed by atoms with E-state index in [0.29, 0.717) is 19.1 Å². The molecule has 1 N–H and O–H groups in total. The van der Waals surface area contributed by atoms with Crippen LogP contribution >= 0.6 is 0 Å². The molecule has 0 heterocycles. The number of alkyl carbamates (subject to hydrolysis) is 1. The van der Waals surface area contributed by atoms with Crippen LogP contribution in [-0.4, -0.2) is 18.7 Å². The quantitative estimate of drug-likeness (QED) is 0.451. The molecule has 166 valence electrons. The molecule has 0 saturated carbocycles. The fourth-order valence-electron chi connectivity index (χ4n) is 4.53. The zero-order valence-electron chi connectivity index (χ0n) is 18.6. The molecule has 4 rings (SSSR count). The summed E-state index contributed by atoms with van der Waals surface area (Å²) in [5.41, 5.74) is 5.16. The molecule has 32 heavy (non-hydrogen) atoms. The standard InChI is InChI=1S/C28H31NO3/c1-2-31-28(30)29-27-19-23-12-6-7-13-25(23)26(27)14-8-11-21-15-17-24(18-16-21)32-20-22-9-4-3-5-10-22/h3-7,9-10,12-13,15-18,26-27H,2,8,11,14,19-20H2,1H3,(H,29,30)/t26?,27-/m0/s1. The topological polar surface area (TPSA) is 47.6 Å². The number of aryl methyl sites for hydroxylation is 1. The summed E-state index contributed by atoms with van der Waals surface area (Å²) in [5.74, 6) is 1.21. The predicted molar refractivity (Wildman–Crippen MR) is 127 cm³/mol. The highest BCUT2D eigenvalue weighted by molar-refractivity contribution is 5.68. The first-order valence-electron chi connectivity index (χ1n) is 11.5. The van der Waals surface area contributed by atoms with Crippen molar-refractivity contribution < 1.29 is 14.3 Å². The molecule has 4 nitrogen and oxygen atoms in total. The number of hydrogen-bond acceptors (Lipinski definition) is 3. The van der Waals surface area contributed by atoms with Crippen LogP contribution in [0.1, 0.15) is 47.9 Å². The molecule has 3 aromatic rings. The van der Waals surface area contributed by atoms with Crippen LogP contribution in [0, 0.1) is 0 Å². The van der Waals surface area contributed by atoms with Crippen molar-refractivity contribution in [1.29, 1.82) is 0 Å². The Kier molecular flexibility index (Phi) is 7.44. The first-order valence-corrected chi connectivity index (χ1v) is 11.5. The molecule has 0 fully saturated rings. The van der Waals surface area contributed by atoms with Crippen molar-refractivity contribution in [2.45, 2.75) is 51.2 Å². The summed E-state index contributed by atoms with van der Waals surface area (Å²) in [5, 5.41) is 3.08. The Morgan fingerprint density at radius 3 is 2.47 bits per heavy atom. The molecule has 4 heteroatoms. The highest BCUT2D eigenvalue weighted by Gasteiger charge is 2.33. The molecule has 0 aliphatic heterocycles. The van der Waals surface area contributed by atoms with Gasteiger partial charge in [0, 0.05) is 12.0 Å². The van der Waals surface area contributed by atoms with Gasteiger partial charge in [-0.3, -0.25) is 0 Å². The van der Waals surface area contributed by atoms with Gasteiger partial charge in [0.2, 0.25) is 0 Å². The second-order valence-electron chi connectivity index (χ2n) is 8.29. The van der Waals surface area contributed by atoms with Crippen LogP contribution < -0.4 is 10.1 Å². The summed E-state index contributed by atoms with van der Waals surface area (Å²) in [7, 11) is 0. The van der Waals surface area contributed by atoms with Gasteiger partial charge in [0.15, 0.2) is 0 Å². The highest BCUT2D eigenvalue weighted by Crippen LogP contribution is 2.37. The molecule has 0 aromatic heterocycles. The molecule has 1 amide bonds. The Morgan fingerprint density at radius 1 is 0.938 bits per heavy atom. The van der Waals surface area contributed by atoms with Gasteiger partial charge in [0.05, 0.1) is 6.61 Å². The first kappa shape index (κ1) is 21.9. The van der Waals surface area contributed by atoms with Crippen LogP contribution in [0.15, 0.2) is 78.9 Å². The van der Waals surface area contributed by atoms with E-state index in [0.717, 1.165) is 31.4 Å². The lowest BCUT2D eigenvalue weighted by Crippen LogP contribution is -2.38. The summed E-state index contributed by atoms with van der Waals surface area (Å²) in [4.78, 5) is 12.0. The average Bonchev–Trinajstić information content (AvgIpc) is 3.16. The highest BCUT2D eigenvalue weighted by atomic mass is 16.5. The molecule has 1 aliphatic carbocycles. The van der Waals surface area contributed by atoms with Crippen molar-refractivity contribution in [3.05, 3.63) is 101 Å². The van der Waals surface area contributed by atoms with Gasteiger partial charge in [0.1, 0.15) is 12.4 Å². The number of benzene rings is 3. The van der Waals surface area contributed by atoms with Gasteiger partial charge in [-0.15, -0.1) is 0 Å². The van der Waals surface area contributed by atoms with Crippen LogP contribution in [0.3, 0.4) is 0 Å². The fourth-order valence-corrected chi connectivity index (χ4v) is 4.53. The lowest BCUT2D eigenvalue weighted by Gasteiger charge is -2.21. The number of amides is 1. The lowest BCUT2D eigenvalue weighted by atomic mass is 9.91. The van der Waals surface area contributed by atoms with Gasteiger partial charge in [-0.05, 0) is 67.0 Å². The number of rotatable bonds is 9. The maximum absolute atomic E-state index is 12.0. The average molecular weight is 430 g/mol. The van der Waals surface area contributed by atoms with Gasteiger partial charge in [0.25, 0.3) is 0 Å². The summed E-state index contributed by atoms with van der Waals surface area (Å²) in [6.07, 6.45) is 3.64. The fraction of sp³-hybridized carbons (Fsp3) is 0.321. The normalized spacial score (nSPS) is 16.9. The smallest absolute Gasteiger partial charge is 0.407 e. The number of ether oxygens (including phenoxy) is 2. The molecular weight excluding hydrogens is 398 g/mol. The monoisotopic (exact) mass is 429 g/mol. The third-order valence-corrected chi connectivity index (χ3v) is 6.11. The van der Waals surface area contributed by atoms with E-state index in [4.69, 9.17) is 9.47 Å². The van der Waals surface area contributed by atoms with Crippen LogP contribution in [0.25, 0.3) is 0 Å². The maximum Gasteiger partial charge on any atom is 0.407 e. The SMILES string of the molecule is CCOC(=O)N[C@H]1Cc2ccccc2C1CCCc1ccc(OCc2ccccc2)cc1. The van der Waals surface area contributed by atoms with Crippen molar-refractivity contribution in [3.63, 3.8) is 0 Å². The van der Waals surface area contributed by atoms with E-state index in [1.54, 1.807) is 0 Å². The van der Waals surface area contributed by atoms with Crippen LogP contribution in [0.4, 0.5) is 4.79 Å². The van der Waals surface area contributed by atoms with Gasteiger partial charge in [-0.2, -0.15) is 0 Å². The summed E-state index contributed by atoms with van der Waals surface area (Å²) in [6.45, 7) is 2.80. The molecule has 3 aromatic carbocycles. The van der Waals surface area contributed by atoms with E-state index in [9.17, 15) is 4.79 Å². The van der Waals surface area contributed by atoms with Crippen LogP contribution in [0.5, 0.6) is 5.75 Å². The zero-order valence-corrected chi connectivity index (χ0v) is 18.6. The minimum Gasteiger partial charge on any atom is -0.489 e. The molecule has 0 bridgehead atoms. The van der Waals surface area contributed by atoms with Gasteiger partial charge < -0.3 is 14.8 Å². The van der Waals surface area contributed by atoms with E-state index < -0.39 is 0 Å². The number of carbonyl (C=O) groups excluding carboxylic acids is 1. The van der Waals surface area contributed by atoms with Crippen molar-refractivity contribution >= 4 is 6.09 Å². The number of fused-ring (bicyclic) bond motifs is 1. The molecule has 0 radical (unpaired) electrons. The Balaban J connectivity index is 1.30. The van der Waals surface area contributed by atoms with Crippen LogP contribution in [-0.2, 0) is 24.2 Å². The van der Waals surface area contributed by atoms with Gasteiger partial charge >= 0.3 is 6.09 Å². The number of carbonyl (C=O) groups is 1. The van der Waals surface area contributed by atoms with E-state index in [-0.39, 0.29) is 12.1 Å². The third-order valence-electron chi connectivity index (χ3n) is 6.11. The van der Waals surface area contributed by atoms with Gasteiger partial charge in [-0.25, -0.2) is 4.79 Å². The Bertz CT molecular complexity index is 1000. The van der Waals surface area contributed by atoms with E-state index in [1.165, 1.54) is 22.3 Å². The lowest BCUT2D eigenvalue weighted by molar-refractivity contribution is 0.146. The van der Waals surface area contributed by atoms with Gasteiger partial charge in [-0.1, -0.05) is 66.7 Å². The number of nitrogens with one attached hydrogen (secondary N) is 1. The summed E-state index contributed by atoms with van der Waals surface area (Å²) in [6, 6.07) is 27.2. The van der Waals surface area contributed by atoms with E-state index in [2.05, 4.69) is 53.8 Å². The summed E-state index contributed by atoms with van der Waals surface area (Å²) < 4.78 is 11.0. The second kappa shape index (κ2) is 10.9. The van der Waals surface area contributed by atoms with Crippen LogP contribution in [0.2, 0.25) is 0 Å². The molecule has 1 aliphatic rings. The molecule has 0 saturated heterocycles. The third kappa shape index (κ3) is 5.70. The Hall–Kier alpha value is -3.27. The molecule has 2 atom stereocenters. The van der Waals surface area contributed by atoms with E-state index >= 15 is 0 Å².